The van der Waals surface area contributed by atoms with Crippen LogP contribution in [0.15, 0.2) is 0 Å². The fraction of sp³-hybridized carbons (Fsp3) is 0.875. The Morgan fingerprint density at radius 1 is 0.955 bits per heavy atom. The zero-order valence-corrected chi connectivity index (χ0v) is 14.0. The molecule has 0 aliphatic heterocycles. The second-order valence-electron chi connectivity index (χ2n) is 7.39. The maximum absolute atomic E-state index is 9.80. The van der Waals surface area contributed by atoms with Crippen molar-refractivity contribution >= 4 is 11.9 Å². The van der Waals surface area contributed by atoms with Crippen LogP contribution in [-0.2, 0) is 9.59 Å². The largest absolute Gasteiger partial charge is 0.481 e. The smallest absolute Gasteiger partial charge is 0.303 e. The highest BCUT2D eigenvalue weighted by atomic mass is 16.4. The summed E-state index contributed by atoms with van der Waals surface area (Å²) in [6.45, 7) is 9.08. The zero-order chi connectivity index (χ0) is 17.6. The van der Waals surface area contributed by atoms with Gasteiger partial charge >= 0.3 is 11.9 Å². The highest BCUT2D eigenvalue weighted by molar-refractivity contribution is 5.75. The third-order valence-corrected chi connectivity index (χ3v) is 4.38. The summed E-state index contributed by atoms with van der Waals surface area (Å²) < 4.78 is 0. The fourth-order valence-electron chi connectivity index (χ4n) is 3.75. The molecule has 1 aliphatic rings. The van der Waals surface area contributed by atoms with E-state index in [-0.39, 0.29) is 36.4 Å². The van der Waals surface area contributed by atoms with Crippen LogP contribution in [-0.4, -0.2) is 45.1 Å². The molecule has 1 fully saturated rings. The van der Waals surface area contributed by atoms with E-state index in [0.717, 1.165) is 19.3 Å². The van der Waals surface area contributed by atoms with Crippen molar-refractivity contribution in [1.29, 1.82) is 0 Å². The van der Waals surface area contributed by atoms with Crippen LogP contribution in [0, 0.1) is 16.7 Å². The normalized spacial score (nSPS) is 25.7. The first-order valence-electron chi connectivity index (χ1n) is 7.65. The Kier molecular flexibility index (Phi) is 8.04. The van der Waals surface area contributed by atoms with Gasteiger partial charge in [0, 0.05) is 6.61 Å². The first kappa shape index (κ1) is 20.9. The lowest BCUT2D eigenvalue weighted by Gasteiger charge is -2.51. The molecule has 0 aromatic heterocycles. The molecule has 0 aromatic carbocycles. The van der Waals surface area contributed by atoms with E-state index in [2.05, 4.69) is 27.7 Å². The molecule has 0 radical (unpaired) electrons. The summed E-state index contributed by atoms with van der Waals surface area (Å²) in [5, 5.41) is 34.7. The van der Waals surface area contributed by atoms with E-state index in [4.69, 9.17) is 15.3 Å². The van der Waals surface area contributed by atoms with Gasteiger partial charge in [-0.05, 0) is 36.0 Å². The molecule has 1 rings (SSSR count). The van der Waals surface area contributed by atoms with Gasteiger partial charge in [0.25, 0.3) is 0 Å². The first-order valence-corrected chi connectivity index (χ1v) is 7.65. The molecule has 4 N–H and O–H groups in total. The molecule has 130 valence electrons. The average Bonchev–Trinajstić information content (AvgIpc) is 2.30. The number of aliphatic carboxylic acids is 2. The Hall–Kier alpha value is -1.14. The average molecular weight is 318 g/mol. The molecule has 1 aliphatic carbocycles. The summed E-state index contributed by atoms with van der Waals surface area (Å²) in [5.74, 6) is -1.65. The Bertz CT molecular complexity index is 343. The minimum atomic E-state index is -1.08. The Morgan fingerprint density at radius 2 is 1.32 bits per heavy atom. The van der Waals surface area contributed by atoms with Crippen LogP contribution in [0.5, 0.6) is 0 Å². The van der Waals surface area contributed by atoms with Crippen molar-refractivity contribution in [2.75, 3.05) is 6.61 Å². The number of carboxylic acids is 2. The second-order valence-corrected chi connectivity index (χ2v) is 7.39. The van der Waals surface area contributed by atoms with E-state index in [9.17, 15) is 14.7 Å². The molecule has 22 heavy (non-hydrogen) atoms. The van der Waals surface area contributed by atoms with Gasteiger partial charge in [0.1, 0.15) is 0 Å². The van der Waals surface area contributed by atoms with E-state index in [1.54, 1.807) is 0 Å². The van der Waals surface area contributed by atoms with Crippen LogP contribution < -0.4 is 0 Å². The van der Waals surface area contributed by atoms with Crippen molar-refractivity contribution in [2.45, 2.75) is 65.9 Å². The van der Waals surface area contributed by atoms with Gasteiger partial charge < -0.3 is 20.4 Å². The van der Waals surface area contributed by atoms with E-state index in [1.165, 1.54) is 0 Å². The third kappa shape index (κ3) is 7.22. The summed E-state index contributed by atoms with van der Waals surface area (Å²) in [5.41, 5.74) is 0.286. The lowest BCUT2D eigenvalue weighted by Crippen LogP contribution is -2.46. The number of aliphatic hydroxyl groups is 2. The monoisotopic (exact) mass is 318 g/mol. The first-order chi connectivity index (χ1) is 9.92. The zero-order valence-electron chi connectivity index (χ0n) is 14.0. The lowest BCUT2D eigenvalue weighted by molar-refractivity contribution is -0.143. The molecule has 0 atom stereocenters. The van der Waals surface area contributed by atoms with Crippen LogP contribution in [0.1, 0.15) is 59.8 Å². The third-order valence-electron chi connectivity index (χ3n) is 4.38. The van der Waals surface area contributed by atoms with Crippen LogP contribution in [0.2, 0.25) is 0 Å². The molecule has 6 heteroatoms. The molecule has 6 nitrogen and oxygen atoms in total. The number of hydrogen-bond acceptors (Lipinski definition) is 4. The summed E-state index contributed by atoms with van der Waals surface area (Å²) >= 11 is 0. The number of aliphatic hydroxyl groups excluding tert-OH is 2. The molecule has 0 spiro atoms. The predicted molar refractivity (Wildman–Crippen MR) is 82.5 cm³/mol. The van der Waals surface area contributed by atoms with Gasteiger partial charge in [-0.1, -0.05) is 27.7 Å². The van der Waals surface area contributed by atoms with Crippen molar-refractivity contribution in [3.63, 3.8) is 0 Å². The number of hydrogen-bond donors (Lipinski definition) is 4. The topological polar surface area (TPSA) is 115 Å². The number of carbonyl (C=O) groups is 2. The SMILES string of the molecule is CC1(C)CC(O)CC(C)(C)C1CCO.O=C(O)CCC(=O)O. The van der Waals surface area contributed by atoms with Gasteiger partial charge in [-0.3, -0.25) is 9.59 Å². The molecule has 0 amide bonds. The van der Waals surface area contributed by atoms with Crippen molar-refractivity contribution in [1.82, 2.24) is 0 Å². The Morgan fingerprint density at radius 3 is 1.59 bits per heavy atom. The molecule has 1 saturated carbocycles. The Labute approximate surface area is 132 Å². The molecule has 0 saturated heterocycles. The van der Waals surface area contributed by atoms with E-state index < -0.39 is 11.9 Å². The molecular formula is C16H30O6. The summed E-state index contributed by atoms with van der Waals surface area (Å²) in [6.07, 6.45) is 1.81. The maximum Gasteiger partial charge on any atom is 0.303 e. The second kappa shape index (κ2) is 8.48. The Balaban J connectivity index is 0.000000472. The summed E-state index contributed by atoms with van der Waals surface area (Å²) in [7, 11) is 0. The highest BCUT2D eigenvalue weighted by Gasteiger charge is 2.46. The van der Waals surface area contributed by atoms with Crippen LogP contribution in [0.4, 0.5) is 0 Å². The molecule has 0 bridgehead atoms. The van der Waals surface area contributed by atoms with Crippen LogP contribution in [0.3, 0.4) is 0 Å². The fourth-order valence-corrected chi connectivity index (χ4v) is 3.75. The molecule has 0 aromatic rings. The van der Waals surface area contributed by atoms with Gasteiger partial charge in [-0.15, -0.1) is 0 Å². The summed E-state index contributed by atoms with van der Waals surface area (Å²) in [4.78, 5) is 19.3. The van der Waals surface area contributed by atoms with Gasteiger partial charge in [0.05, 0.1) is 18.9 Å². The van der Waals surface area contributed by atoms with Crippen molar-refractivity contribution in [2.24, 2.45) is 16.7 Å². The van der Waals surface area contributed by atoms with Gasteiger partial charge in [-0.2, -0.15) is 0 Å². The van der Waals surface area contributed by atoms with E-state index in [0.29, 0.717) is 5.92 Å². The number of carboxylic acid groups (broad SMARTS) is 2. The van der Waals surface area contributed by atoms with Crippen LogP contribution in [0.25, 0.3) is 0 Å². The quantitative estimate of drug-likeness (QED) is 0.617. The maximum atomic E-state index is 9.80. The van der Waals surface area contributed by atoms with E-state index in [1.807, 2.05) is 0 Å². The van der Waals surface area contributed by atoms with Crippen molar-refractivity contribution in [3.05, 3.63) is 0 Å². The molecular weight excluding hydrogens is 288 g/mol. The summed E-state index contributed by atoms with van der Waals surface area (Å²) in [6, 6.07) is 0. The minimum Gasteiger partial charge on any atom is -0.481 e. The van der Waals surface area contributed by atoms with Crippen LogP contribution >= 0.6 is 0 Å². The standard InChI is InChI=1S/C12H24O2.C4H6O4/c1-11(2)7-9(14)8-12(3,4)10(11)5-6-13;5-3(6)1-2-4(7)8/h9-10,13-14H,5-8H2,1-4H3;1-2H2,(H,5,6)(H,7,8). The van der Waals surface area contributed by atoms with Gasteiger partial charge in [-0.25, -0.2) is 0 Å². The van der Waals surface area contributed by atoms with E-state index >= 15 is 0 Å². The molecule has 0 unspecified atom stereocenters. The number of rotatable bonds is 5. The van der Waals surface area contributed by atoms with Gasteiger partial charge in [0.15, 0.2) is 0 Å². The molecule has 0 heterocycles. The van der Waals surface area contributed by atoms with Crippen molar-refractivity contribution in [3.8, 4) is 0 Å². The lowest BCUT2D eigenvalue weighted by atomic mass is 9.55. The highest BCUT2D eigenvalue weighted by Crippen LogP contribution is 2.52. The minimum absolute atomic E-state index is 0.143. The van der Waals surface area contributed by atoms with Gasteiger partial charge in [0.2, 0.25) is 0 Å². The predicted octanol–water partition coefficient (Wildman–Crippen LogP) is 2.13. The van der Waals surface area contributed by atoms with Crippen molar-refractivity contribution < 1.29 is 30.0 Å².